The van der Waals surface area contributed by atoms with Crippen LogP contribution in [0.5, 0.6) is 0 Å². The van der Waals surface area contributed by atoms with Crippen LogP contribution in [0.4, 0.5) is 4.79 Å². The fourth-order valence-electron chi connectivity index (χ4n) is 2.01. The molecule has 7 nitrogen and oxygen atoms in total. The molecule has 1 aromatic carbocycles. The lowest BCUT2D eigenvalue weighted by Gasteiger charge is -2.20. The minimum Gasteiger partial charge on any atom is -0.340 e. The van der Waals surface area contributed by atoms with Crippen molar-refractivity contribution in [1.29, 1.82) is 0 Å². The number of rotatable bonds is 4. The summed E-state index contributed by atoms with van der Waals surface area (Å²) in [6, 6.07) is 6.21. The third-order valence-electron chi connectivity index (χ3n) is 3.28. The Labute approximate surface area is 132 Å². The molecule has 1 aromatic rings. The Balaban J connectivity index is 2.01. The van der Waals surface area contributed by atoms with Crippen LogP contribution in [0, 0.1) is 0 Å². The molecule has 1 fully saturated rings. The van der Waals surface area contributed by atoms with E-state index < -0.39 is 30.3 Å². The zero-order chi connectivity index (χ0) is 16.4. The van der Waals surface area contributed by atoms with E-state index in [1.54, 1.807) is 31.3 Å². The van der Waals surface area contributed by atoms with Crippen molar-refractivity contribution in [1.82, 2.24) is 14.7 Å². The molecular weight excluding hydrogens is 310 g/mol. The Morgan fingerprint density at radius 1 is 1.23 bits per heavy atom. The van der Waals surface area contributed by atoms with E-state index in [1.165, 1.54) is 11.9 Å². The van der Waals surface area contributed by atoms with Gasteiger partial charge >= 0.3 is 17.8 Å². The summed E-state index contributed by atoms with van der Waals surface area (Å²) in [6.07, 6.45) is 0. The van der Waals surface area contributed by atoms with Crippen molar-refractivity contribution in [2.75, 3.05) is 20.6 Å². The second kappa shape index (κ2) is 6.15. The third-order valence-corrected chi connectivity index (χ3v) is 3.51. The smallest absolute Gasteiger partial charge is 0.334 e. The Bertz CT molecular complexity index is 661. The molecule has 0 bridgehead atoms. The van der Waals surface area contributed by atoms with Crippen LogP contribution in [0.1, 0.15) is 5.56 Å². The van der Waals surface area contributed by atoms with Crippen molar-refractivity contribution < 1.29 is 19.2 Å². The standard InChI is InChI=1S/C14H14ClN3O4/c1-16(7-9-4-3-5-10(15)6-9)11(19)8-18-13(21)12(20)17(2)14(18)22/h3-6H,7-8H2,1-2H3. The molecule has 1 saturated heterocycles. The molecular formula is C14H14ClN3O4. The number of urea groups is 1. The average molecular weight is 324 g/mol. The van der Waals surface area contributed by atoms with E-state index in [9.17, 15) is 19.2 Å². The van der Waals surface area contributed by atoms with Gasteiger partial charge in [0.25, 0.3) is 0 Å². The second-order valence-corrected chi connectivity index (χ2v) is 5.35. The van der Waals surface area contributed by atoms with Crippen LogP contribution in [0.15, 0.2) is 24.3 Å². The predicted molar refractivity (Wildman–Crippen MR) is 77.8 cm³/mol. The molecule has 116 valence electrons. The van der Waals surface area contributed by atoms with E-state index in [2.05, 4.69) is 0 Å². The molecule has 1 aliphatic heterocycles. The first kappa shape index (κ1) is 16.0. The summed E-state index contributed by atoms with van der Waals surface area (Å²) >= 11 is 5.87. The van der Waals surface area contributed by atoms with Crippen LogP contribution in [0.3, 0.4) is 0 Å². The largest absolute Gasteiger partial charge is 0.340 e. The summed E-state index contributed by atoms with van der Waals surface area (Å²) < 4.78 is 0. The summed E-state index contributed by atoms with van der Waals surface area (Å²) in [5, 5.41) is 0.551. The first-order chi connectivity index (χ1) is 10.3. The fraction of sp³-hybridized carbons (Fsp3) is 0.286. The molecule has 8 heteroatoms. The highest BCUT2D eigenvalue weighted by atomic mass is 35.5. The van der Waals surface area contributed by atoms with Crippen LogP contribution in [-0.4, -0.2) is 59.1 Å². The van der Waals surface area contributed by atoms with Crippen molar-refractivity contribution >= 4 is 35.4 Å². The topological polar surface area (TPSA) is 78.0 Å². The van der Waals surface area contributed by atoms with Crippen LogP contribution in [0.25, 0.3) is 0 Å². The van der Waals surface area contributed by atoms with Crippen LogP contribution >= 0.6 is 11.6 Å². The summed E-state index contributed by atoms with van der Waals surface area (Å²) in [7, 11) is 2.74. The summed E-state index contributed by atoms with van der Waals surface area (Å²) in [5.74, 6) is -2.38. The molecule has 0 aliphatic carbocycles. The molecule has 22 heavy (non-hydrogen) atoms. The lowest BCUT2D eigenvalue weighted by atomic mass is 10.2. The monoisotopic (exact) mass is 323 g/mol. The number of carbonyl (C=O) groups is 4. The molecule has 1 heterocycles. The average Bonchev–Trinajstić information content (AvgIpc) is 2.65. The third kappa shape index (κ3) is 3.09. The van der Waals surface area contributed by atoms with E-state index in [1.807, 2.05) is 0 Å². The van der Waals surface area contributed by atoms with E-state index in [0.717, 1.165) is 5.56 Å². The van der Waals surface area contributed by atoms with Crippen molar-refractivity contribution in [3.05, 3.63) is 34.9 Å². The lowest BCUT2D eigenvalue weighted by Crippen LogP contribution is -2.41. The molecule has 0 aromatic heterocycles. The highest BCUT2D eigenvalue weighted by Crippen LogP contribution is 2.13. The normalized spacial score (nSPS) is 14.8. The van der Waals surface area contributed by atoms with Gasteiger partial charge in [-0.3, -0.25) is 19.3 Å². The highest BCUT2D eigenvalue weighted by Gasteiger charge is 2.43. The summed E-state index contributed by atoms with van der Waals surface area (Å²) in [4.78, 5) is 49.5. The quantitative estimate of drug-likeness (QED) is 0.604. The van der Waals surface area contributed by atoms with Gasteiger partial charge in [0.1, 0.15) is 6.54 Å². The van der Waals surface area contributed by atoms with Crippen molar-refractivity contribution in [2.45, 2.75) is 6.54 Å². The SMILES string of the molecule is CN(Cc1cccc(Cl)c1)C(=O)CN1C(=O)C(=O)N(C)C1=O. The Morgan fingerprint density at radius 3 is 2.45 bits per heavy atom. The number of halogens is 1. The first-order valence-corrected chi connectivity index (χ1v) is 6.81. The molecule has 0 radical (unpaired) electrons. The number of imide groups is 2. The molecule has 2 rings (SSSR count). The van der Waals surface area contributed by atoms with Gasteiger partial charge in [-0.1, -0.05) is 23.7 Å². The number of nitrogens with zero attached hydrogens (tertiary/aromatic N) is 3. The highest BCUT2D eigenvalue weighted by molar-refractivity contribution is 6.44. The predicted octanol–water partition coefficient (Wildman–Crippen LogP) is 0.719. The minimum absolute atomic E-state index is 0.277. The molecule has 0 spiro atoms. The summed E-state index contributed by atoms with van der Waals surface area (Å²) in [5.41, 5.74) is 0.815. The van der Waals surface area contributed by atoms with Crippen LogP contribution in [-0.2, 0) is 20.9 Å². The van der Waals surface area contributed by atoms with Gasteiger partial charge in [-0.25, -0.2) is 9.69 Å². The number of hydrogen-bond donors (Lipinski definition) is 0. The second-order valence-electron chi connectivity index (χ2n) is 4.92. The van der Waals surface area contributed by atoms with E-state index in [0.29, 0.717) is 14.8 Å². The Kier molecular flexibility index (Phi) is 4.46. The number of likely N-dealkylation sites (N-methyl/N-ethyl adjacent to an activating group) is 2. The van der Waals surface area contributed by atoms with Crippen LogP contribution < -0.4 is 0 Å². The Hall–Kier alpha value is -2.41. The molecule has 0 N–H and O–H groups in total. The van der Waals surface area contributed by atoms with Gasteiger partial charge in [0.15, 0.2) is 0 Å². The first-order valence-electron chi connectivity index (χ1n) is 6.43. The van der Waals surface area contributed by atoms with Gasteiger partial charge in [-0.05, 0) is 17.7 Å². The molecule has 0 saturated carbocycles. The number of benzene rings is 1. The maximum absolute atomic E-state index is 12.1. The molecule has 0 atom stereocenters. The van der Waals surface area contributed by atoms with E-state index in [-0.39, 0.29) is 6.54 Å². The lowest BCUT2D eigenvalue weighted by molar-refractivity contribution is -0.144. The maximum atomic E-state index is 12.1. The van der Waals surface area contributed by atoms with Crippen molar-refractivity contribution in [3.63, 3.8) is 0 Å². The number of hydrogen-bond acceptors (Lipinski definition) is 4. The zero-order valence-corrected chi connectivity index (χ0v) is 12.8. The summed E-state index contributed by atoms with van der Waals surface area (Å²) in [6.45, 7) is -0.190. The van der Waals surface area contributed by atoms with Crippen molar-refractivity contribution in [2.24, 2.45) is 0 Å². The van der Waals surface area contributed by atoms with Gasteiger partial charge in [0.05, 0.1) is 0 Å². The van der Waals surface area contributed by atoms with Gasteiger partial charge in [0.2, 0.25) is 5.91 Å². The van der Waals surface area contributed by atoms with Gasteiger partial charge in [0, 0.05) is 25.7 Å². The van der Waals surface area contributed by atoms with Gasteiger partial charge in [-0.15, -0.1) is 0 Å². The van der Waals surface area contributed by atoms with Crippen molar-refractivity contribution in [3.8, 4) is 0 Å². The van der Waals surface area contributed by atoms with Gasteiger partial charge < -0.3 is 4.90 Å². The molecule has 0 unspecified atom stereocenters. The number of amides is 5. The minimum atomic E-state index is -0.989. The number of carbonyl (C=O) groups excluding carboxylic acids is 4. The molecule has 5 amide bonds. The van der Waals surface area contributed by atoms with E-state index in [4.69, 9.17) is 11.6 Å². The zero-order valence-electron chi connectivity index (χ0n) is 12.1. The van der Waals surface area contributed by atoms with E-state index >= 15 is 0 Å². The molecule has 1 aliphatic rings. The fourth-order valence-corrected chi connectivity index (χ4v) is 2.22. The van der Waals surface area contributed by atoms with Gasteiger partial charge in [-0.2, -0.15) is 0 Å². The Morgan fingerprint density at radius 2 is 1.91 bits per heavy atom. The maximum Gasteiger partial charge on any atom is 0.334 e. The van der Waals surface area contributed by atoms with Crippen LogP contribution in [0.2, 0.25) is 5.02 Å².